The van der Waals surface area contributed by atoms with E-state index in [9.17, 15) is 28.9 Å². The van der Waals surface area contributed by atoms with Gasteiger partial charge in [0, 0.05) is 11.6 Å². The van der Waals surface area contributed by atoms with Crippen LogP contribution in [0.3, 0.4) is 0 Å². The fourth-order valence-electron chi connectivity index (χ4n) is 2.13. The van der Waals surface area contributed by atoms with Crippen molar-refractivity contribution in [3.63, 3.8) is 0 Å². The Morgan fingerprint density at radius 3 is 2.50 bits per heavy atom. The number of nitrogens with two attached hydrogens (primary N) is 1. The molecule has 0 atom stereocenters. The molecule has 11 heteroatoms. The van der Waals surface area contributed by atoms with Crippen LogP contribution in [0.5, 0.6) is 0 Å². The molecule has 0 aliphatic heterocycles. The maximum atomic E-state index is 13.8. The third-order valence-electron chi connectivity index (χ3n) is 3.46. The van der Waals surface area contributed by atoms with E-state index in [1.54, 1.807) is 0 Å². The Hall–Kier alpha value is -3.47. The number of carbonyl (C=O) groups is 3. The Morgan fingerprint density at radius 2 is 1.89 bits per heavy atom. The van der Waals surface area contributed by atoms with Crippen molar-refractivity contribution in [1.82, 2.24) is 0 Å². The molecule has 0 fully saturated rings. The van der Waals surface area contributed by atoms with Crippen molar-refractivity contribution in [2.45, 2.75) is 4.90 Å². The molecule has 2 aromatic carbocycles. The second-order valence-corrected chi connectivity index (χ2v) is 6.34. The van der Waals surface area contributed by atoms with E-state index in [4.69, 9.17) is 5.73 Å². The van der Waals surface area contributed by atoms with Gasteiger partial charge in [0.05, 0.1) is 33.9 Å². The van der Waals surface area contributed by atoms with Gasteiger partial charge in [0.15, 0.2) is 0 Å². The Bertz CT molecular complexity index is 966. The smallest absolute Gasteiger partial charge is 0.337 e. The summed E-state index contributed by atoms with van der Waals surface area (Å²) in [4.78, 5) is 45.3. The number of hydrogen-bond donors (Lipinski definition) is 2. The lowest BCUT2D eigenvalue weighted by atomic mass is 10.2. The van der Waals surface area contributed by atoms with Crippen molar-refractivity contribution in [1.29, 1.82) is 0 Å². The van der Waals surface area contributed by atoms with Crippen LogP contribution in [0.2, 0.25) is 0 Å². The Labute approximate surface area is 162 Å². The molecule has 0 aliphatic rings. The highest BCUT2D eigenvalue weighted by atomic mass is 32.2. The van der Waals surface area contributed by atoms with Crippen LogP contribution in [0, 0.1) is 15.9 Å². The SMILES string of the molecule is COC(=O)c1ccc(F)c(NC(=O)CSc2ccc(C(N)=O)cc2[N+](=O)[O-])c1. The summed E-state index contributed by atoms with van der Waals surface area (Å²) in [7, 11) is 1.16. The number of rotatable bonds is 7. The fraction of sp³-hybridized carbons (Fsp3) is 0.118. The molecule has 2 rings (SSSR count). The van der Waals surface area contributed by atoms with E-state index in [1.165, 1.54) is 18.2 Å². The number of amides is 2. The van der Waals surface area contributed by atoms with E-state index in [0.29, 0.717) is 0 Å². The first kappa shape index (κ1) is 20.8. The van der Waals surface area contributed by atoms with Gasteiger partial charge >= 0.3 is 5.97 Å². The summed E-state index contributed by atoms with van der Waals surface area (Å²) < 4.78 is 18.4. The summed E-state index contributed by atoms with van der Waals surface area (Å²) >= 11 is 0.824. The van der Waals surface area contributed by atoms with E-state index >= 15 is 0 Å². The third-order valence-corrected chi connectivity index (χ3v) is 4.52. The highest BCUT2D eigenvalue weighted by Gasteiger charge is 2.19. The van der Waals surface area contributed by atoms with Gasteiger partial charge in [-0.15, -0.1) is 11.8 Å². The van der Waals surface area contributed by atoms with Crippen molar-refractivity contribution in [3.05, 3.63) is 63.5 Å². The third kappa shape index (κ3) is 5.04. The number of ether oxygens (including phenoxy) is 1. The molecule has 9 nitrogen and oxygen atoms in total. The number of nitrogens with zero attached hydrogens (tertiary/aromatic N) is 1. The number of halogens is 1. The Balaban J connectivity index is 2.12. The molecule has 3 N–H and O–H groups in total. The molecule has 146 valence electrons. The zero-order chi connectivity index (χ0) is 20.8. The summed E-state index contributed by atoms with van der Waals surface area (Å²) in [6, 6.07) is 6.94. The number of nitro benzene ring substituents is 1. The molecule has 0 heterocycles. The largest absolute Gasteiger partial charge is 0.465 e. The van der Waals surface area contributed by atoms with Crippen LogP contribution >= 0.6 is 11.8 Å². The van der Waals surface area contributed by atoms with E-state index < -0.39 is 28.5 Å². The number of benzene rings is 2. The van der Waals surface area contributed by atoms with Crippen molar-refractivity contribution < 1.29 is 28.4 Å². The Kier molecular flexibility index (Phi) is 6.66. The maximum Gasteiger partial charge on any atom is 0.337 e. The average molecular weight is 407 g/mol. The van der Waals surface area contributed by atoms with Crippen LogP contribution in [-0.2, 0) is 9.53 Å². The van der Waals surface area contributed by atoms with Crippen LogP contribution in [0.1, 0.15) is 20.7 Å². The molecular weight excluding hydrogens is 393 g/mol. The first-order valence-corrected chi connectivity index (χ1v) is 8.60. The molecular formula is C17H14FN3O6S. The number of carbonyl (C=O) groups excluding carboxylic acids is 3. The van der Waals surface area contributed by atoms with Gasteiger partial charge in [0.1, 0.15) is 5.82 Å². The summed E-state index contributed by atoms with van der Waals surface area (Å²) in [5.74, 6) is -3.21. The van der Waals surface area contributed by atoms with Gasteiger partial charge in [0.25, 0.3) is 5.69 Å². The summed E-state index contributed by atoms with van der Waals surface area (Å²) in [5, 5.41) is 13.4. The number of anilines is 1. The van der Waals surface area contributed by atoms with E-state index in [2.05, 4.69) is 10.1 Å². The first-order chi connectivity index (χ1) is 13.2. The molecule has 2 aromatic rings. The molecule has 0 radical (unpaired) electrons. The van der Waals surface area contributed by atoms with E-state index in [-0.39, 0.29) is 33.2 Å². The zero-order valence-corrected chi connectivity index (χ0v) is 15.2. The van der Waals surface area contributed by atoms with Crippen LogP contribution in [0.4, 0.5) is 15.8 Å². The molecule has 0 spiro atoms. The maximum absolute atomic E-state index is 13.8. The molecule has 0 bridgehead atoms. The summed E-state index contributed by atoms with van der Waals surface area (Å²) in [6.45, 7) is 0. The molecule has 0 saturated heterocycles. The quantitative estimate of drug-likeness (QED) is 0.310. The molecule has 0 aromatic heterocycles. The number of nitrogens with one attached hydrogen (secondary N) is 1. The highest BCUT2D eigenvalue weighted by Crippen LogP contribution is 2.30. The van der Waals surface area contributed by atoms with Crippen molar-refractivity contribution in [2.75, 3.05) is 18.2 Å². The van der Waals surface area contributed by atoms with Gasteiger partial charge in [-0.05, 0) is 30.3 Å². The monoisotopic (exact) mass is 407 g/mol. The van der Waals surface area contributed by atoms with Crippen LogP contribution in [0.15, 0.2) is 41.3 Å². The fourth-order valence-corrected chi connectivity index (χ4v) is 2.94. The number of nitro groups is 1. The lowest BCUT2D eigenvalue weighted by Crippen LogP contribution is -2.16. The van der Waals surface area contributed by atoms with Crippen LogP contribution < -0.4 is 11.1 Å². The minimum Gasteiger partial charge on any atom is -0.465 e. The highest BCUT2D eigenvalue weighted by molar-refractivity contribution is 8.00. The molecule has 0 unspecified atom stereocenters. The second kappa shape index (κ2) is 8.95. The molecule has 0 aliphatic carbocycles. The standard InChI is InChI=1S/C17H14FN3O6S/c1-27-17(24)10-2-4-11(18)12(6-10)20-15(22)8-28-14-5-3-9(16(19)23)7-13(14)21(25)26/h2-7H,8H2,1H3,(H2,19,23)(H,20,22). The van der Waals surface area contributed by atoms with Crippen LogP contribution in [0.25, 0.3) is 0 Å². The van der Waals surface area contributed by atoms with Crippen molar-refractivity contribution in [2.24, 2.45) is 5.73 Å². The van der Waals surface area contributed by atoms with Gasteiger partial charge in [-0.3, -0.25) is 19.7 Å². The Morgan fingerprint density at radius 1 is 1.21 bits per heavy atom. The van der Waals surface area contributed by atoms with Gasteiger partial charge in [-0.1, -0.05) is 0 Å². The predicted octanol–water partition coefficient (Wildman–Crippen LogP) is 2.35. The van der Waals surface area contributed by atoms with Gasteiger partial charge in [-0.2, -0.15) is 0 Å². The number of hydrogen-bond acceptors (Lipinski definition) is 7. The van der Waals surface area contributed by atoms with Gasteiger partial charge in [0.2, 0.25) is 11.8 Å². The lowest BCUT2D eigenvalue weighted by molar-refractivity contribution is -0.387. The predicted molar refractivity (Wildman–Crippen MR) is 98.7 cm³/mol. The van der Waals surface area contributed by atoms with Crippen molar-refractivity contribution >= 4 is 40.9 Å². The normalized spacial score (nSPS) is 10.2. The zero-order valence-electron chi connectivity index (χ0n) is 14.4. The molecule has 28 heavy (non-hydrogen) atoms. The number of thioether (sulfide) groups is 1. The first-order valence-electron chi connectivity index (χ1n) is 7.61. The number of methoxy groups -OCH3 is 1. The molecule has 0 saturated carbocycles. The minimum absolute atomic E-state index is 0.0396. The van der Waals surface area contributed by atoms with Crippen molar-refractivity contribution in [3.8, 4) is 0 Å². The lowest BCUT2D eigenvalue weighted by Gasteiger charge is -2.08. The van der Waals surface area contributed by atoms with E-state index in [0.717, 1.165) is 37.1 Å². The second-order valence-electron chi connectivity index (χ2n) is 5.33. The minimum atomic E-state index is -0.821. The number of primary amides is 1. The molecule has 2 amide bonds. The van der Waals surface area contributed by atoms with Crippen LogP contribution in [-0.4, -0.2) is 35.6 Å². The average Bonchev–Trinajstić information content (AvgIpc) is 2.67. The topological polar surface area (TPSA) is 142 Å². The van der Waals surface area contributed by atoms with E-state index in [1.807, 2.05) is 0 Å². The summed E-state index contributed by atoms with van der Waals surface area (Å²) in [6.07, 6.45) is 0. The van der Waals surface area contributed by atoms with Gasteiger partial charge in [-0.25, -0.2) is 9.18 Å². The van der Waals surface area contributed by atoms with Gasteiger partial charge < -0.3 is 15.8 Å². The summed E-state index contributed by atoms with van der Waals surface area (Å²) in [5.41, 5.74) is 4.49. The number of esters is 1.